The smallest absolute Gasteiger partial charge is 0.0313 e. The molecule has 0 aromatic rings. The van der Waals surface area contributed by atoms with Crippen LogP contribution in [0.3, 0.4) is 0 Å². The molecule has 0 saturated carbocycles. The highest BCUT2D eigenvalue weighted by Gasteiger charge is 2.19. The van der Waals surface area contributed by atoms with Gasteiger partial charge in [-0.15, -0.1) is 12.8 Å². The Balaban J connectivity index is -0.0000000910. The molecule has 0 saturated heterocycles. The summed E-state index contributed by atoms with van der Waals surface area (Å²) >= 11 is 0. The highest BCUT2D eigenvalue weighted by molar-refractivity contribution is 5.12. The topological polar surface area (TPSA) is 0 Å². The van der Waals surface area contributed by atoms with Gasteiger partial charge in [-0.05, 0) is 30.6 Å². The van der Waals surface area contributed by atoms with Crippen molar-refractivity contribution < 1.29 is 0 Å². The number of hydrogen-bond acceptors (Lipinski definition) is 0. The van der Waals surface area contributed by atoms with E-state index in [4.69, 9.17) is 0 Å². The molecule has 0 N–H and O–H groups in total. The average Bonchev–Trinajstić information content (AvgIpc) is 2.74. The molecule has 0 fully saturated rings. The molecule has 0 aliphatic rings. The van der Waals surface area contributed by atoms with Crippen molar-refractivity contribution in [3.8, 4) is 12.8 Å². The third-order valence-electron chi connectivity index (χ3n) is 4.69. The van der Waals surface area contributed by atoms with Gasteiger partial charge in [0, 0.05) is 0 Å². The maximum absolute atomic E-state index is 4.00. The summed E-state index contributed by atoms with van der Waals surface area (Å²) in [7, 11) is 0. The summed E-state index contributed by atoms with van der Waals surface area (Å²) in [5, 5.41) is 0. The molecule has 0 aliphatic heterocycles. The van der Waals surface area contributed by atoms with E-state index in [9.17, 15) is 0 Å². The fraction of sp³-hybridized carbons (Fsp3) is 0.769. The van der Waals surface area contributed by atoms with Gasteiger partial charge in [0.05, 0.1) is 0 Å². The SMILES string of the molecule is C#C.C=C(/C=C\CC)CC.CC.CC.CCC(C)CCC(C)(CC)CC. The first kappa shape index (κ1) is 36.0. The van der Waals surface area contributed by atoms with Gasteiger partial charge < -0.3 is 0 Å². The summed E-state index contributed by atoms with van der Waals surface area (Å²) in [6, 6.07) is 0. The predicted molar refractivity (Wildman–Crippen MR) is 129 cm³/mol. The summed E-state index contributed by atoms with van der Waals surface area (Å²) in [6.07, 6.45) is 21.2. The second-order valence-corrected chi connectivity index (χ2v) is 6.39. The summed E-state index contributed by atoms with van der Waals surface area (Å²) in [4.78, 5) is 0. The Labute approximate surface area is 170 Å². The summed E-state index contributed by atoms with van der Waals surface area (Å²) < 4.78 is 0. The van der Waals surface area contributed by atoms with Crippen LogP contribution in [0.15, 0.2) is 24.3 Å². The quantitative estimate of drug-likeness (QED) is 0.281. The highest BCUT2D eigenvalue weighted by atomic mass is 14.2. The van der Waals surface area contributed by atoms with Crippen LogP contribution in [0.5, 0.6) is 0 Å². The van der Waals surface area contributed by atoms with Crippen LogP contribution < -0.4 is 0 Å². The van der Waals surface area contributed by atoms with Crippen molar-refractivity contribution in [1.29, 1.82) is 0 Å². The molecule has 1 unspecified atom stereocenters. The van der Waals surface area contributed by atoms with Gasteiger partial charge >= 0.3 is 0 Å². The zero-order valence-corrected chi connectivity index (χ0v) is 20.5. The lowest BCUT2D eigenvalue weighted by Crippen LogP contribution is -2.14. The van der Waals surface area contributed by atoms with Gasteiger partial charge in [-0.25, -0.2) is 0 Å². The molecule has 0 aromatic carbocycles. The van der Waals surface area contributed by atoms with E-state index in [1.807, 2.05) is 27.7 Å². The first-order valence-electron chi connectivity index (χ1n) is 11.1. The van der Waals surface area contributed by atoms with Crippen LogP contribution >= 0.6 is 0 Å². The van der Waals surface area contributed by atoms with Crippen molar-refractivity contribution in [3.05, 3.63) is 24.3 Å². The van der Waals surface area contributed by atoms with Crippen molar-refractivity contribution in [2.45, 2.75) is 121 Å². The molecule has 0 heterocycles. The van der Waals surface area contributed by atoms with Gasteiger partial charge in [-0.1, -0.05) is 126 Å². The Kier molecular flexibility index (Phi) is 44.0. The van der Waals surface area contributed by atoms with Crippen molar-refractivity contribution in [1.82, 2.24) is 0 Å². The highest BCUT2D eigenvalue weighted by Crippen LogP contribution is 2.32. The number of allylic oxidation sites excluding steroid dienone is 3. The van der Waals surface area contributed by atoms with Crippen molar-refractivity contribution in [3.63, 3.8) is 0 Å². The van der Waals surface area contributed by atoms with E-state index in [1.165, 1.54) is 37.7 Å². The molecule has 0 radical (unpaired) electrons. The molecule has 158 valence electrons. The van der Waals surface area contributed by atoms with Gasteiger partial charge in [0.2, 0.25) is 0 Å². The van der Waals surface area contributed by atoms with Crippen LogP contribution in [-0.4, -0.2) is 0 Å². The maximum atomic E-state index is 4.00. The first-order valence-corrected chi connectivity index (χ1v) is 11.1. The Morgan fingerprint density at radius 3 is 1.65 bits per heavy atom. The average molecular weight is 367 g/mol. The molecule has 0 heteroatoms. The lowest BCUT2D eigenvalue weighted by molar-refractivity contribution is 0.246. The van der Waals surface area contributed by atoms with Crippen LogP contribution in [0.4, 0.5) is 0 Å². The molecule has 26 heavy (non-hydrogen) atoms. The second-order valence-electron chi connectivity index (χ2n) is 6.39. The van der Waals surface area contributed by atoms with Crippen LogP contribution in [0.2, 0.25) is 0 Å². The molecule has 1 atom stereocenters. The van der Waals surface area contributed by atoms with Gasteiger partial charge in [0.15, 0.2) is 0 Å². The number of hydrogen-bond donors (Lipinski definition) is 0. The van der Waals surface area contributed by atoms with Gasteiger partial charge in [0.1, 0.15) is 0 Å². The molecule has 0 amide bonds. The Morgan fingerprint density at radius 2 is 1.38 bits per heavy atom. The predicted octanol–water partition coefficient (Wildman–Crippen LogP) is 9.86. The zero-order chi connectivity index (χ0) is 22.0. The molecule has 0 rings (SSSR count). The lowest BCUT2D eigenvalue weighted by atomic mass is 9.78. The molecule has 0 aliphatic carbocycles. The molecule has 0 spiro atoms. The Bertz CT molecular complexity index is 276. The standard InChI is InChI=1S/C12H26.C8H14.2C2H6.C2H2/c1-6-11(4)9-10-12(5,7-2)8-3;1-4-6-7-8(3)5-2;3*1-2/h11H,6-10H2,1-5H3;6-7H,3-5H2,1-2H3;2*1-2H3;1-2H/b;7-6-;;;. The molecular formula is C26H54. The largest absolute Gasteiger partial charge is 0.124 e. The number of rotatable bonds is 9. The van der Waals surface area contributed by atoms with Gasteiger partial charge in [0.25, 0.3) is 0 Å². The molecular weight excluding hydrogens is 312 g/mol. The summed E-state index contributed by atoms with van der Waals surface area (Å²) in [6.45, 7) is 27.8. The van der Waals surface area contributed by atoms with Crippen LogP contribution in [0, 0.1) is 24.2 Å². The van der Waals surface area contributed by atoms with Crippen LogP contribution in [-0.2, 0) is 0 Å². The third kappa shape index (κ3) is 30.9. The lowest BCUT2D eigenvalue weighted by Gasteiger charge is -2.27. The van der Waals surface area contributed by atoms with E-state index in [-0.39, 0.29) is 0 Å². The maximum Gasteiger partial charge on any atom is -0.0313 e. The van der Waals surface area contributed by atoms with Gasteiger partial charge in [-0.3, -0.25) is 0 Å². The first-order chi connectivity index (χ1) is 12.4. The van der Waals surface area contributed by atoms with Crippen molar-refractivity contribution in [2.75, 3.05) is 0 Å². The monoisotopic (exact) mass is 366 g/mol. The minimum absolute atomic E-state index is 0.615. The Hall–Kier alpha value is -0.960. The molecule has 0 bridgehead atoms. The summed E-state index contributed by atoms with van der Waals surface area (Å²) in [5.41, 5.74) is 1.83. The van der Waals surface area contributed by atoms with Crippen molar-refractivity contribution >= 4 is 0 Å². The van der Waals surface area contributed by atoms with Crippen LogP contribution in [0.1, 0.15) is 121 Å². The normalized spacial score (nSPS) is 10.5. The Morgan fingerprint density at radius 1 is 0.962 bits per heavy atom. The van der Waals surface area contributed by atoms with E-state index >= 15 is 0 Å². The van der Waals surface area contributed by atoms with E-state index in [2.05, 4.69) is 80.0 Å². The van der Waals surface area contributed by atoms with E-state index < -0.39 is 0 Å². The number of terminal acetylenes is 1. The fourth-order valence-electron chi connectivity index (χ4n) is 1.80. The van der Waals surface area contributed by atoms with Crippen LogP contribution in [0.25, 0.3) is 0 Å². The second kappa shape index (κ2) is 31.8. The minimum atomic E-state index is 0.615. The van der Waals surface area contributed by atoms with E-state index in [1.54, 1.807) is 0 Å². The van der Waals surface area contributed by atoms with Gasteiger partial charge in [-0.2, -0.15) is 0 Å². The van der Waals surface area contributed by atoms with E-state index in [0.717, 1.165) is 18.8 Å². The third-order valence-corrected chi connectivity index (χ3v) is 4.69. The minimum Gasteiger partial charge on any atom is -0.124 e. The fourth-order valence-corrected chi connectivity index (χ4v) is 1.80. The molecule has 0 aromatic heterocycles. The summed E-state index contributed by atoms with van der Waals surface area (Å²) in [5.74, 6) is 0.919. The molecule has 0 nitrogen and oxygen atoms in total. The van der Waals surface area contributed by atoms with Crippen molar-refractivity contribution in [2.24, 2.45) is 11.3 Å². The van der Waals surface area contributed by atoms with E-state index in [0.29, 0.717) is 5.41 Å². The zero-order valence-electron chi connectivity index (χ0n) is 20.5.